The van der Waals surface area contributed by atoms with Crippen LogP contribution in [0.2, 0.25) is 0 Å². The predicted molar refractivity (Wildman–Crippen MR) is 92.3 cm³/mol. The lowest BCUT2D eigenvalue weighted by Crippen LogP contribution is -1.91. The zero-order valence-electron chi connectivity index (χ0n) is 13.0. The number of methoxy groups -OCH3 is 1. The first kappa shape index (κ1) is 16.5. The molecule has 0 heterocycles. The van der Waals surface area contributed by atoms with Crippen molar-refractivity contribution in [3.8, 4) is 17.2 Å². The fraction of sp³-hybridized carbons (Fsp3) is 0.222. The minimum atomic E-state index is 0.0938. The van der Waals surface area contributed by atoms with Gasteiger partial charge in [-0.25, -0.2) is 0 Å². The maximum atomic E-state index is 9.92. The molecular weight excluding hydrogens is 292 g/mol. The smallest absolute Gasteiger partial charge is 0.166 e. The van der Waals surface area contributed by atoms with Crippen molar-refractivity contribution in [2.24, 2.45) is 9.98 Å². The molecule has 5 heteroatoms. The summed E-state index contributed by atoms with van der Waals surface area (Å²) in [5, 5.41) is 19.5. The van der Waals surface area contributed by atoms with Crippen LogP contribution in [0.3, 0.4) is 0 Å². The van der Waals surface area contributed by atoms with E-state index in [0.717, 1.165) is 6.42 Å². The highest BCUT2D eigenvalue weighted by atomic mass is 16.5. The molecule has 2 N–H and O–H groups in total. The summed E-state index contributed by atoms with van der Waals surface area (Å²) in [6, 6.07) is 12.3. The lowest BCUT2D eigenvalue weighted by atomic mass is 10.2. The molecule has 0 aromatic heterocycles. The van der Waals surface area contributed by atoms with Crippen LogP contribution in [-0.4, -0.2) is 42.8 Å². The lowest BCUT2D eigenvalue weighted by molar-refractivity contribution is 0.373. The fourth-order valence-corrected chi connectivity index (χ4v) is 1.98. The van der Waals surface area contributed by atoms with Gasteiger partial charge in [-0.1, -0.05) is 18.2 Å². The van der Waals surface area contributed by atoms with Crippen LogP contribution in [0.1, 0.15) is 17.5 Å². The van der Waals surface area contributed by atoms with E-state index in [9.17, 15) is 10.2 Å². The van der Waals surface area contributed by atoms with Gasteiger partial charge in [-0.3, -0.25) is 9.98 Å². The van der Waals surface area contributed by atoms with Gasteiger partial charge < -0.3 is 14.9 Å². The maximum Gasteiger partial charge on any atom is 0.166 e. The molecule has 0 amide bonds. The highest BCUT2D eigenvalue weighted by Gasteiger charge is 2.04. The summed E-state index contributed by atoms with van der Waals surface area (Å²) in [7, 11) is 1.51. The van der Waals surface area contributed by atoms with Gasteiger partial charge in [0.15, 0.2) is 11.5 Å². The molecule has 120 valence electrons. The highest BCUT2D eigenvalue weighted by Crippen LogP contribution is 2.27. The molecule has 0 fully saturated rings. The average molecular weight is 312 g/mol. The zero-order chi connectivity index (χ0) is 16.5. The van der Waals surface area contributed by atoms with Gasteiger partial charge in [-0.05, 0) is 30.7 Å². The third kappa shape index (κ3) is 4.85. The van der Waals surface area contributed by atoms with Crippen molar-refractivity contribution in [2.75, 3.05) is 20.2 Å². The van der Waals surface area contributed by atoms with Gasteiger partial charge in [0.25, 0.3) is 0 Å². The van der Waals surface area contributed by atoms with E-state index in [1.807, 2.05) is 12.1 Å². The molecule has 0 atom stereocenters. The molecule has 0 bridgehead atoms. The first-order valence-electron chi connectivity index (χ1n) is 7.36. The second-order valence-corrected chi connectivity index (χ2v) is 4.88. The summed E-state index contributed by atoms with van der Waals surface area (Å²) >= 11 is 0. The molecule has 2 rings (SSSR count). The van der Waals surface area contributed by atoms with Gasteiger partial charge in [0.05, 0.1) is 7.11 Å². The topological polar surface area (TPSA) is 74.4 Å². The normalized spacial score (nSPS) is 11.3. The number of hydrogen-bond donors (Lipinski definition) is 2. The van der Waals surface area contributed by atoms with Crippen LogP contribution in [0.4, 0.5) is 0 Å². The number of nitrogens with zero attached hydrogens (tertiary/aromatic N) is 2. The van der Waals surface area contributed by atoms with Crippen LogP contribution in [0.25, 0.3) is 0 Å². The van der Waals surface area contributed by atoms with E-state index >= 15 is 0 Å². The number of phenols is 2. The molecular formula is C18H20N2O3. The number of hydrogen-bond acceptors (Lipinski definition) is 5. The Morgan fingerprint density at radius 3 is 2.26 bits per heavy atom. The van der Waals surface area contributed by atoms with Crippen LogP contribution in [0.15, 0.2) is 52.4 Å². The predicted octanol–water partition coefficient (Wildman–Crippen LogP) is 3.03. The SMILES string of the molecule is COc1cccc(C=NCCCN=Cc2ccccc2O)c1O. The van der Waals surface area contributed by atoms with Crippen LogP contribution in [-0.2, 0) is 0 Å². The summed E-state index contributed by atoms with van der Waals surface area (Å²) in [5.74, 6) is 0.750. The monoisotopic (exact) mass is 312 g/mol. The summed E-state index contributed by atoms with van der Waals surface area (Å²) in [6.07, 6.45) is 4.07. The Kier molecular flexibility index (Phi) is 6.17. The number of ether oxygens (including phenoxy) is 1. The summed E-state index contributed by atoms with van der Waals surface area (Å²) in [4.78, 5) is 8.54. The second kappa shape index (κ2) is 8.58. The Morgan fingerprint density at radius 1 is 0.913 bits per heavy atom. The van der Waals surface area contributed by atoms with Crippen LogP contribution < -0.4 is 4.74 Å². The van der Waals surface area contributed by atoms with Crippen molar-refractivity contribution in [2.45, 2.75) is 6.42 Å². The van der Waals surface area contributed by atoms with Crippen LogP contribution in [0.5, 0.6) is 17.2 Å². The molecule has 0 aliphatic carbocycles. The molecule has 2 aromatic rings. The van der Waals surface area contributed by atoms with E-state index in [2.05, 4.69) is 9.98 Å². The summed E-state index contributed by atoms with van der Waals surface area (Å²) in [6.45, 7) is 1.23. The van der Waals surface area contributed by atoms with Gasteiger partial charge >= 0.3 is 0 Å². The van der Waals surface area contributed by atoms with Crippen molar-refractivity contribution in [3.63, 3.8) is 0 Å². The van der Waals surface area contributed by atoms with Gasteiger partial charge in [-0.2, -0.15) is 0 Å². The van der Waals surface area contributed by atoms with E-state index < -0.39 is 0 Å². The van der Waals surface area contributed by atoms with Gasteiger partial charge in [0, 0.05) is 36.6 Å². The third-order valence-electron chi connectivity index (χ3n) is 3.22. The van der Waals surface area contributed by atoms with E-state index in [-0.39, 0.29) is 11.5 Å². The van der Waals surface area contributed by atoms with Gasteiger partial charge in [-0.15, -0.1) is 0 Å². The number of benzene rings is 2. The molecule has 0 saturated heterocycles. The standard InChI is InChI=1S/C18H20N2O3/c1-23-17-9-4-7-15(18(17)22)13-20-11-5-10-19-12-14-6-2-3-8-16(14)21/h2-4,6-9,12-13,21-22H,5,10-11H2,1H3. The van der Waals surface area contributed by atoms with Gasteiger partial charge in [0.2, 0.25) is 0 Å². The Labute approximate surface area is 135 Å². The zero-order valence-corrected chi connectivity index (χ0v) is 13.0. The molecule has 2 aromatic carbocycles. The van der Waals surface area contributed by atoms with Gasteiger partial charge in [0.1, 0.15) is 5.75 Å². The number of aromatic hydroxyl groups is 2. The Balaban J connectivity index is 1.78. The van der Waals surface area contributed by atoms with E-state index in [1.54, 1.807) is 42.8 Å². The molecule has 5 nitrogen and oxygen atoms in total. The van der Waals surface area contributed by atoms with Crippen molar-refractivity contribution in [1.29, 1.82) is 0 Å². The first-order chi connectivity index (χ1) is 11.2. The van der Waals surface area contributed by atoms with Crippen molar-refractivity contribution in [1.82, 2.24) is 0 Å². The van der Waals surface area contributed by atoms with Crippen molar-refractivity contribution >= 4 is 12.4 Å². The minimum absolute atomic E-state index is 0.0938. The molecule has 23 heavy (non-hydrogen) atoms. The van der Waals surface area contributed by atoms with E-state index in [0.29, 0.717) is 30.0 Å². The Bertz CT molecular complexity index is 696. The third-order valence-corrected chi connectivity index (χ3v) is 3.22. The Morgan fingerprint density at radius 2 is 1.57 bits per heavy atom. The maximum absolute atomic E-state index is 9.92. The summed E-state index contributed by atoms with van der Waals surface area (Å²) < 4.78 is 5.05. The molecule has 0 aliphatic rings. The highest BCUT2D eigenvalue weighted by molar-refractivity contribution is 5.85. The largest absolute Gasteiger partial charge is 0.507 e. The molecule has 0 unspecified atom stereocenters. The minimum Gasteiger partial charge on any atom is -0.507 e. The van der Waals surface area contributed by atoms with E-state index in [1.165, 1.54) is 7.11 Å². The number of para-hydroxylation sites is 2. The van der Waals surface area contributed by atoms with Crippen LogP contribution >= 0.6 is 0 Å². The number of aliphatic imine (C=N–C) groups is 2. The van der Waals surface area contributed by atoms with Crippen molar-refractivity contribution < 1.29 is 14.9 Å². The molecule has 0 saturated carbocycles. The fourth-order valence-electron chi connectivity index (χ4n) is 1.98. The first-order valence-corrected chi connectivity index (χ1v) is 7.36. The number of rotatable bonds is 7. The van der Waals surface area contributed by atoms with Crippen molar-refractivity contribution in [3.05, 3.63) is 53.6 Å². The second-order valence-electron chi connectivity index (χ2n) is 4.88. The molecule has 0 spiro atoms. The number of phenolic OH excluding ortho intramolecular Hbond substituents is 2. The van der Waals surface area contributed by atoms with Crippen LogP contribution in [0, 0.1) is 0 Å². The molecule has 0 aliphatic heterocycles. The summed E-state index contributed by atoms with van der Waals surface area (Å²) in [5.41, 5.74) is 1.33. The van der Waals surface area contributed by atoms with E-state index in [4.69, 9.17) is 4.74 Å². The lowest BCUT2D eigenvalue weighted by Gasteiger charge is -2.04. The molecule has 0 radical (unpaired) electrons. The quantitative estimate of drug-likeness (QED) is 0.609. The average Bonchev–Trinajstić information content (AvgIpc) is 2.57. The Hall–Kier alpha value is -2.82.